The molecule has 0 fully saturated rings. The first kappa shape index (κ1) is 9.12. The summed E-state index contributed by atoms with van der Waals surface area (Å²) in [5.41, 5.74) is 5.38. The predicted molar refractivity (Wildman–Crippen MR) is 40.9 cm³/mol. The molecule has 0 atom stereocenters. The highest BCUT2D eigenvalue weighted by Crippen LogP contribution is 2.17. The Hall–Kier alpha value is -0.970. The molecule has 5 heteroatoms. The molecule has 0 radical (unpaired) electrons. The van der Waals surface area contributed by atoms with Crippen molar-refractivity contribution < 1.29 is 8.78 Å². The predicted octanol–water partition coefficient (Wildman–Crippen LogP) is 0.557. The number of aromatic nitrogens is 2. The fourth-order valence-corrected chi connectivity index (χ4v) is 0.912. The largest absolute Gasteiger partial charge is 0.325 e. The van der Waals surface area contributed by atoms with E-state index in [0.29, 0.717) is 5.69 Å². The summed E-state index contributed by atoms with van der Waals surface area (Å²) in [4.78, 5) is 0. The lowest BCUT2D eigenvalue weighted by Gasteiger charge is -2.12. The molecule has 0 saturated carbocycles. The highest BCUT2D eigenvalue weighted by atomic mass is 19.3. The van der Waals surface area contributed by atoms with Crippen LogP contribution >= 0.6 is 0 Å². The van der Waals surface area contributed by atoms with E-state index >= 15 is 0 Å². The molecule has 2 N–H and O–H groups in total. The van der Waals surface area contributed by atoms with Crippen LogP contribution in [0.15, 0.2) is 12.3 Å². The molecule has 0 saturated heterocycles. The van der Waals surface area contributed by atoms with Crippen LogP contribution in [-0.2, 0) is 13.5 Å². The summed E-state index contributed by atoms with van der Waals surface area (Å²) in [6, 6.07) is 1.56. The summed E-state index contributed by atoms with van der Waals surface area (Å²) in [6.45, 7) is -0.627. The standard InChI is InChI=1S/C7H11F2N3/c1-12-6(2-3-11-12)4-7(8,9)5-10/h2-3H,4-5,10H2,1H3. The zero-order valence-corrected chi connectivity index (χ0v) is 6.80. The van der Waals surface area contributed by atoms with Crippen LogP contribution in [0.5, 0.6) is 0 Å². The number of alkyl halides is 2. The van der Waals surface area contributed by atoms with Crippen LogP contribution in [0.3, 0.4) is 0 Å². The molecule has 1 aromatic heterocycles. The molecule has 0 bridgehead atoms. The molecule has 0 unspecified atom stereocenters. The van der Waals surface area contributed by atoms with E-state index in [0.717, 1.165) is 0 Å². The minimum atomic E-state index is -2.83. The Morgan fingerprint density at radius 3 is 2.75 bits per heavy atom. The van der Waals surface area contributed by atoms with Crippen LogP contribution in [0.1, 0.15) is 5.69 Å². The smallest absolute Gasteiger partial charge is 0.265 e. The number of aryl methyl sites for hydroxylation is 1. The Bertz CT molecular complexity index is 257. The van der Waals surface area contributed by atoms with Crippen LogP contribution in [0, 0.1) is 0 Å². The lowest BCUT2D eigenvalue weighted by molar-refractivity contribution is 0.00969. The van der Waals surface area contributed by atoms with E-state index < -0.39 is 12.5 Å². The van der Waals surface area contributed by atoms with Crippen molar-refractivity contribution in [2.75, 3.05) is 6.54 Å². The second kappa shape index (κ2) is 3.18. The molecule has 0 amide bonds. The van der Waals surface area contributed by atoms with Crippen LogP contribution in [-0.4, -0.2) is 22.2 Å². The molecule has 68 valence electrons. The van der Waals surface area contributed by atoms with Gasteiger partial charge in [0.15, 0.2) is 0 Å². The van der Waals surface area contributed by atoms with Gasteiger partial charge in [-0.1, -0.05) is 0 Å². The van der Waals surface area contributed by atoms with E-state index in [1.807, 2.05) is 0 Å². The van der Waals surface area contributed by atoms with Gasteiger partial charge in [-0.2, -0.15) is 5.10 Å². The summed E-state index contributed by atoms with van der Waals surface area (Å²) in [5.74, 6) is -2.83. The minimum absolute atomic E-state index is 0.347. The van der Waals surface area contributed by atoms with Gasteiger partial charge in [-0.3, -0.25) is 4.68 Å². The van der Waals surface area contributed by atoms with Gasteiger partial charge in [0, 0.05) is 18.9 Å². The van der Waals surface area contributed by atoms with Gasteiger partial charge in [-0.15, -0.1) is 0 Å². The zero-order chi connectivity index (χ0) is 9.19. The van der Waals surface area contributed by atoms with E-state index in [9.17, 15) is 8.78 Å². The van der Waals surface area contributed by atoms with E-state index in [-0.39, 0.29) is 6.42 Å². The SMILES string of the molecule is Cn1nccc1CC(F)(F)CN. The Morgan fingerprint density at radius 2 is 2.33 bits per heavy atom. The van der Waals surface area contributed by atoms with E-state index in [1.54, 1.807) is 13.1 Å². The molecular formula is C7H11F2N3. The Balaban J connectivity index is 2.70. The molecule has 1 heterocycles. The Kier molecular flexibility index (Phi) is 2.42. The fraction of sp³-hybridized carbons (Fsp3) is 0.571. The highest BCUT2D eigenvalue weighted by molar-refractivity contribution is 5.03. The average molecular weight is 175 g/mol. The number of hydrogen-bond acceptors (Lipinski definition) is 2. The number of hydrogen-bond donors (Lipinski definition) is 1. The van der Waals surface area contributed by atoms with Gasteiger partial charge < -0.3 is 5.73 Å². The van der Waals surface area contributed by atoms with Crippen molar-refractivity contribution in [1.82, 2.24) is 9.78 Å². The van der Waals surface area contributed by atoms with Gasteiger partial charge in [0.25, 0.3) is 5.92 Å². The molecule has 1 aromatic rings. The van der Waals surface area contributed by atoms with E-state index in [2.05, 4.69) is 5.10 Å². The molecular weight excluding hydrogens is 164 g/mol. The van der Waals surface area contributed by atoms with Crippen LogP contribution in [0.2, 0.25) is 0 Å². The molecule has 1 rings (SSSR count). The van der Waals surface area contributed by atoms with Gasteiger partial charge in [0.2, 0.25) is 0 Å². The quantitative estimate of drug-likeness (QED) is 0.729. The van der Waals surface area contributed by atoms with Gasteiger partial charge in [0.1, 0.15) is 0 Å². The Morgan fingerprint density at radius 1 is 1.67 bits per heavy atom. The summed E-state index contributed by atoms with van der Waals surface area (Å²) >= 11 is 0. The molecule has 12 heavy (non-hydrogen) atoms. The third-order valence-corrected chi connectivity index (χ3v) is 1.66. The fourth-order valence-electron chi connectivity index (χ4n) is 0.912. The zero-order valence-electron chi connectivity index (χ0n) is 6.80. The van der Waals surface area contributed by atoms with Crippen molar-refractivity contribution in [3.05, 3.63) is 18.0 Å². The molecule has 0 spiro atoms. The number of rotatable bonds is 3. The Labute approximate surface area is 69.2 Å². The first-order valence-corrected chi connectivity index (χ1v) is 3.60. The van der Waals surface area contributed by atoms with Gasteiger partial charge >= 0.3 is 0 Å². The van der Waals surface area contributed by atoms with E-state index in [4.69, 9.17) is 5.73 Å². The summed E-state index contributed by atoms with van der Waals surface area (Å²) in [6.07, 6.45) is 1.14. The second-order valence-corrected chi connectivity index (χ2v) is 2.68. The molecule has 0 aliphatic rings. The van der Waals surface area contributed by atoms with Crippen molar-refractivity contribution in [2.24, 2.45) is 12.8 Å². The number of halogens is 2. The van der Waals surface area contributed by atoms with Crippen molar-refractivity contribution in [3.8, 4) is 0 Å². The summed E-state index contributed by atoms with van der Waals surface area (Å²) < 4.78 is 26.9. The van der Waals surface area contributed by atoms with Crippen LogP contribution in [0.4, 0.5) is 8.78 Å². The van der Waals surface area contributed by atoms with Crippen LogP contribution in [0.25, 0.3) is 0 Å². The van der Waals surface area contributed by atoms with Gasteiger partial charge in [-0.25, -0.2) is 8.78 Å². The molecule has 0 aliphatic heterocycles. The number of nitrogens with zero attached hydrogens (tertiary/aromatic N) is 2. The third-order valence-electron chi connectivity index (χ3n) is 1.66. The lowest BCUT2D eigenvalue weighted by atomic mass is 10.2. The lowest BCUT2D eigenvalue weighted by Crippen LogP contribution is -2.30. The minimum Gasteiger partial charge on any atom is -0.325 e. The van der Waals surface area contributed by atoms with E-state index in [1.165, 1.54) is 10.9 Å². The average Bonchev–Trinajstić information content (AvgIpc) is 2.36. The summed E-state index contributed by atoms with van der Waals surface area (Å²) in [7, 11) is 1.63. The second-order valence-electron chi connectivity index (χ2n) is 2.68. The number of nitrogens with two attached hydrogens (primary N) is 1. The maximum absolute atomic E-state index is 12.7. The molecule has 0 aliphatic carbocycles. The van der Waals surface area contributed by atoms with Crippen molar-refractivity contribution >= 4 is 0 Å². The normalized spacial score (nSPS) is 12.0. The monoisotopic (exact) mass is 175 g/mol. The maximum Gasteiger partial charge on any atom is 0.265 e. The van der Waals surface area contributed by atoms with Crippen molar-refractivity contribution in [3.63, 3.8) is 0 Å². The first-order valence-electron chi connectivity index (χ1n) is 3.60. The molecule has 0 aromatic carbocycles. The first-order chi connectivity index (χ1) is 5.55. The maximum atomic E-state index is 12.7. The summed E-state index contributed by atoms with van der Waals surface area (Å²) in [5, 5.41) is 3.78. The third kappa shape index (κ3) is 2.01. The topological polar surface area (TPSA) is 43.8 Å². The van der Waals surface area contributed by atoms with Crippen molar-refractivity contribution in [2.45, 2.75) is 12.3 Å². The van der Waals surface area contributed by atoms with Gasteiger partial charge in [-0.05, 0) is 6.07 Å². The highest BCUT2D eigenvalue weighted by Gasteiger charge is 2.28. The van der Waals surface area contributed by atoms with Crippen molar-refractivity contribution in [1.29, 1.82) is 0 Å². The van der Waals surface area contributed by atoms with Gasteiger partial charge in [0.05, 0.1) is 13.0 Å². The van der Waals surface area contributed by atoms with Crippen LogP contribution < -0.4 is 5.73 Å². The molecule has 3 nitrogen and oxygen atoms in total.